The lowest BCUT2D eigenvalue weighted by Gasteiger charge is -2.13. The normalized spacial score (nSPS) is 10.6. The largest absolute Gasteiger partial charge is 0.453 e. The minimum atomic E-state index is -3.92. The Kier molecular flexibility index (Phi) is 10.6. The number of rotatable bonds is 8. The predicted molar refractivity (Wildman–Crippen MR) is 178 cm³/mol. The lowest BCUT2D eigenvalue weighted by molar-refractivity contribution is 0.186. The average molecular weight is 661 g/mol. The number of carbonyl (C=O) groups is 4. The molecule has 15 heteroatoms. The third-order valence-corrected chi connectivity index (χ3v) is 8.47. The lowest BCUT2D eigenvalue weighted by atomic mass is 10.2. The first kappa shape index (κ1) is 33.8. The molecule has 244 valence electrons. The van der Waals surface area contributed by atoms with Gasteiger partial charge in [-0.3, -0.25) is 10.6 Å². The summed E-state index contributed by atoms with van der Waals surface area (Å²) in [6.07, 6.45) is -1.30. The summed E-state index contributed by atoms with van der Waals surface area (Å²) in [7, 11) is -1.44. The van der Waals surface area contributed by atoms with Crippen LogP contribution in [0.2, 0.25) is 0 Å². The van der Waals surface area contributed by atoms with E-state index in [2.05, 4.69) is 41.4 Å². The Morgan fingerprint density at radius 3 is 1.17 bits per heavy atom. The SMILES string of the molecule is COC(=O)Nc1ccc(C)c(NC(=O)Nc2ccc(S(=O)(=O)c3ccc(NC(=O)Nc4cc(NC(=O)OC)ccc4C)cc3)cc2)c1. The third kappa shape index (κ3) is 8.98. The number of hydrogen-bond donors (Lipinski definition) is 6. The van der Waals surface area contributed by atoms with Crippen LogP contribution in [0.1, 0.15) is 11.1 Å². The van der Waals surface area contributed by atoms with Crippen molar-refractivity contribution in [1.29, 1.82) is 0 Å². The van der Waals surface area contributed by atoms with Crippen LogP contribution in [0.25, 0.3) is 0 Å². The molecule has 6 N–H and O–H groups in total. The van der Waals surface area contributed by atoms with E-state index in [1.807, 2.05) is 0 Å². The van der Waals surface area contributed by atoms with E-state index >= 15 is 0 Å². The smallest absolute Gasteiger partial charge is 0.411 e. The van der Waals surface area contributed by atoms with Crippen molar-refractivity contribution in [2.24, 2.45) is 0 Å². The molecule has 0 aliphatic heterocycles. The summed E-state index contributed by atoms with van der Waals surface area (Å²) in [5.41, 5.74) is 3.91. The maximum absolute atomic E-state index is 13.2. The maximum Gasteiger partial charge on any atom is 0.411 e. The first-order valence-electron chi connectivity index (χ1n) is 13.9. The molecule has 0 aliphatic carbocycles. The van der Waals surface area contributed by atoms with Crippen molar-refractivity contribution < 1.29 is 37.1 Å². The fraction of sp³-hybridized carbons (Fsp3) is 0.125. The third-order valence-electron chi connectivity index (χ3n) is 6.68. The number of benzene rings is 4. The molecule has 0 aliphatic rings. The number of aryl methyl sites for hydroxylation is 2. The fourth-order valence-electron chi connectivity index (χ4n) is 4.15. The van der Waals surface area contributed by atoms with Gasteiger partial charge in [0.1, 0.15) is 0 Å². The van der Waals surface area contributed by atoms with Crippen molar-refractivity contribution in [2.45, 2.75) is 23.6 Å². The number of hydrogen-bond acceptors (Lipinski definition) is 8. The summed E-state index contributed by atoms with van der Waals surface area (Å²) in [5.74, 6) is 0. The molecule has 4 aromatic rings. The monoisotopic (exact) mass is 660 g/mol. The van der Waals surface area contributed by atoms with Gasteiger partial charge in [0.05, 0.1) is 24.0 Å². The Morgan fingerprint density at radius 2 is 0.830 bits per heavy atom. The standard InChI is InChI=1S/C32H32N6O8S/c1-19-5-7-23(35-31(41)45-3)17-27(19)37-29(39)33-21-9-13-25(14-10-21)47(43,44)26-15-11-22(12-16-26)34-30(40)38-28-18-24(8-6-20(28)2)36-32(42)46-4/h5-18H,1-4H3,(H,35,41)(H,36,42)(H2,33,37,39)(H2,34,38,40). The van der Waals surface area contributed by atoms with E-state index in [4.69, 9.17) is 0 Å². The summed E-state index contributed by atoms with van der Waals surface area (Å²) >= 11 is 0. The average Bonchev–Trinajstić information content (AvgIpc) is 3.04. The number of carbonyl (C=O) groups excluding carboxylic acids is 4. The van der Waals surface area contributed by atoms with E-state index in [9.17, 15) is 27.6 Å². The Morgan fingerprint density at radius 1 is 0.489 bits per heavy atom. The zero-order valence-corrected chi connectivity index (χ0v) is 26.6. The first-order valence-corrected chi connectivity index (χ1v) is 15.4. The lowest BCUT2D eigenvalue weighted by Crippen LogP contribution is -2.20. The predicted octanol–water partition coefficient (Wildman–Crippen LogP) is 6.78. The second kappa shape index (κ2) is 14.8. The summed E-state index contributed by atoms with van der Waals surface area (Å²) in [6, 6.07) is 20.0. The second-order valence-electron chi connectivity index (χ2n) is 10.0. The van der Waals surface area contributed by atoms with Gasteiger partial charge in [0.25, 0.3) is 0 Å². The molecule has 0 saturated heterocycles. The molecule has 4 aromatic carbocycles. The minimum absolute atomic E-state index is 0.00439. The molecule has 0 radical (unpaired) electrons. The topological polar surface area (TPSA) is 193 Å². The van der Waals surface area contributed by atoms with Gasteiger partial charge in [0, 0.05) is 34.1 Å². The van der Waals surface area contributed by atoms with Crippen molar-refractivity contribution in [2.75, 3.05) is 46.1 Å². The first-order chi connectivity index (χ1) is 22.4. The molecule has 0 unspecified atom stereocenters. The Balaban J connectivity index is 1.36. The Labute approximate surface area is 270 Å². The zero-order valence-electron chi connectivity index (χ0n) is 25.8. The van der Waals surface area contributed by atoms with Gasteiger partial charge in [0.2, 0.25) is 9.84 Å². The molecule has 0 saturated carbocycles. The molecule has 0 fully saturated rings. The van der Waals surface area contributed by atoms with Crippen molar-refractivity contribution in [1.82, 2.24) is 0 Å². The van der Waals surface area contributed by atoms with E-state index in [0.717, 1.165) is 11.1 Å². The van der Waals surface area contributed by atoms with Crippen LogP contribution in [0, 0.1) is 13.8 Å². The van der Waals surface area contributed by atoms with Gasteiger partial charge >= 0.3 is 24.2 Å². The molecule has 0 atom stereocenters. The summed E-state index contributed by atoms with van der Waals surface area (Å²) in [6.45, 7) is 3.56. The highest BCUT2D eigenvalue weighted by Gasteiger charge is 2.18. The van der Waals surface area contributed by atoms with Crippen LogP contribution in [-0.2, 0) is 19.3 Å². The maximum atomic E-state index is 13.2. The van der Waals surface area contributed by atoms with E-state index < -0.39 is 34.1 Å². The molecule has 0 aromatic heterocycles. The highest BCUT2D eigenvalue weighted by molar-refractivity contribution is 7.91. The van der Waals surface area contributed by atoms with Crippen molar-refractivity contribution in [3.8, 4) is 0 Å². The Hall–Kier alpha value is -6.09. The molecule has 47 heavy (non-hydrogen) atoms. The van der Waals surface area contributed by atoms with E-state index in [0.29, 0.717) is 34.1 Å². The van der Waals surface area contributed by atoms with E-state index in [-0.39, 0.29) is 9.79 Å². The van der Waals surface area contributed by atoms with Gasteiger partial charge in [-0.05, 0) is 97.8 Å². The summed E-state index contributed by atoms with van der Waals surface area (Å²) < 4.78 is 35.6. The van der Waals surface area contributed by atoms with Crippen molar-refractivity contribution in [3.05, 3.63) is 96.1 Å². The molecule has 0 spiro atoms. The van der Waals surface area contributed by atoms with Crippen LogP contribution >= 0.6 is 0 Å². The van der Waals surface area contributed by atoms with Gasteiger partial charge in [-0.1, -0.05) is 12.1 Å². The molecular weight excluding hydrogens is 628 g/mol. The fourth-order valence-corrected chi connectivity index (χ4v) is 5.41. The van der Waals surface area contributed by atoms with Crippen molar-refractivity contribution in [3.63, 3.8) is 0 Å². The van der Waals surface area contributed by atoms with Crippen LogP contribution in [0.4, 0.5) is 53.3 Å². The van der Waals surface area contributed by atoms with Crippen LogP contribution in [0.3, 0.4) is 0 Å². The number of anilines is 6. The number of nitrogens with one attached hydrogen (secondary N) is 6. The van der Waals surface area contributed by atoms with Gasteiger partial charge in [-0.25, -0.2) is 27.6 Å². The highest BCUT2D eigenvalue weighted by Crippen LogP contribution is 2.26. The van der Waals surface area contributed by atoms with E-state index in [1.54, 1.807) is 50.2 Å². The number of ether oxygens (including phenoxy) is 2. The molecule has 0 bridgehead atoms. The van der Waals surface area contributed by atoms with Gasteiger partial charge < -0.3 is 30.7 Å². The van der Waals surface area contributed by atoms with Gasteiger partial charge in [-0.2, -0.15) is 0 Å². The molecular formula is C32H32N6O8S. The van der Waals surface area contributed by atoms with Crippen LogP contribution in [-0.4, -0.2) is 46.9 Å². The molecule has 0 heterocycles. The van der Waals surface area contributed by atoms with Gasteiger partial charge in [-0.15, -0.1) is 0 Å². The summed E-state index contributed by atoms with van der Waals surface area (Å²) in [5, 5.41) is 15.7. The highest BCUT2D eigenvalue weighted by atomic mass is 32.2. The van der Waals surface area contributed by atoms with Crippen LogP contribution in [0.5, 0.6) is 0 Å². The molecule has 4 rings (SSSR count). The van der Waals surface area contributed by atoms with Crippen LogP contribution < -0.4 is 31.9 Å². The number of methoxy groups -OCH3 is 2. The summed E-state index contributed by atoms with van der Waals surface area (Å²) in [4.78, 5) is 48.2. The van der Waals surface area contributed by atoms with Crippen LogP contribution in [0.15, 0.2) is 94.7 Å². The van der Waals surface area contributed by atoms with Gasteiger partial charge in [0.15, 0.2) is 0 Å². The number of amides is 6. The minimum Gasteiger partial charge on any atom is -0.453 e. The van der Waals surface area contributed by atoms with E-state index in [1.165, 1.54) is 62.8 Å². The number of sulfone groups is 1. The number of urea groups is 2. The molecule has 14 nitrogen and oxygen atoms in total. The quantitative estimate of drug-likeness (QED) is 0.119. The molecule has 6 amide bonds. The second-order valence-corrected chi connectivity index (χ2v) is 12.0. The van der Waals surface area contributed by atoms with Crippen molar-refractivity contribution >= 4 is 68.2 Å². The Bertz CT molecular complexity index is 1780. The zero-order chi connectivity index (χ0) is 34.1.